The summed E-state index contributed by atoms with van der Waals surface area (Å²) in [5.74, 6) is -0.0101. The van der Waals surface area contributed by atoms with Gasteiger partial charge in [0.1, 0.15) is 0 Å². The highest BCUT2D eigenvalue weighted by Gasteiger charge is 2.05. The van der Waals surface area contributed by atoms with Crippen LogP contribution in [0.15, 0.2) is 42.5 Å². The number of carbonyl (C=O) groups excluding carboxylic acids is 1. The molecule has 0 aromatic heterocycles. The molecule has 0 unspecified atom stereocenters. The lowest BCUT2D eigenvalue weighted by Crippen LogP contribution is -2.32. The molecular weight excluding hydrogens is 236 g/mol. The van der Waals surface area contributed by atoms with Crippen molar-refractivity contribution in [3.63, 3.8) is 0 Å². The molecule has 2 aromatic rings. The highest BCUT2D eigenvalue weighted by atomic mass is 16.1. The van der Waals surface area contributed by atoms with Gasteiger partial charge in [-0.1, -0.05) is 37.3 Å². The van der Waals surface area contributed by atoms with Gasteiger partial charge in [-0.15, -0.1) is 0 Å². The van der Waals surface area contributed by atoms with E-state index in [-0.39, 0.29) is 5.91 Å². The minimum Gasteiger partial charge on any atom is -0.351 e. The highest BCUT2D eigenvalue weighted by molar-refractivity contribution is 5.98. The molecular formula is C16H20N2O. The van der Waals surface area contributed by atoms with Gasteiger partial charge in [0.15, 0.2) is 0 Å². The molecule has 0 saturated carbocycles. The molecule has 3 heteroatoms. The lowest BCUT2D eigenvalue weighted by Gasteiger charge is -2.07. The molecule has 0 aliphatic carbocycles. The van der Waals surface area contributed by atoms with Crippen molar-refractivity contribution in [1.82, 2.24) is 10.6 Å². The van der Waals surface area contributed by atoms with Crippen LogP contribution < -0.4 is 10.6 Å². The van der Waals surface area contributed by atoms with Crippen molar-refractivity contribution in [2.75, 3.05) is 19.6 Å². The Labute approximate surface area is 114 Å². The molecule has 0 bridgehead atoms. The fourth-order valence-electron chi connectivity index (χ4n) is 2.00. The number of benzene rings is 2. The van der Waals surface area contributed by atoms with Gasteiger partial charge in [0.05, 0.1) is 0 Å². The Morgan fingerprint density at radius 1 is 1.00 bits per heavy atom. The number of rotatable bonds is 6. The fourth-order valence-corrected chi connectivity index (χ4v) is 2.00. The van der Waals surface area contributed by atoms with Crippen LogP contribution in [0.3, 0.4) is 0 Å². The molecule has 0 spiro atoms. The quantitative estimate of drug-likeness (QED) is 0.780. The average Bonchev–Trinajstić information content (AvgIpc) is 2.46. The lowest BCUT2D eigenvalue weighted by atomic mass is 10.1. The first-order valence-corrected chi connectivity index (χ1v) is 6.79. The topological polar surface area (TPSA) is 41.1 Å². The maximum atomic E-state index is 12.0. The Balaban J connectivity index is 1.93. The van der Waals surface area contributed by atoms with E-state index in [2.05, 4.69) is 17.6 Å². The standard InChI is InChI=1S/C16H20N2O/c1-2-9-17-10-11-18-16(19)15-8-7-13-5-3-4-6-14(13)12-15/h3-8,12,17H,2,9-11H2,1H3,(H,18,19). The number of carbonyl (C=O) groups is 1. The highest BCUT2D eigenvalue weighted by Crippen LogP contribution is 2.15. The Morgan fingerprint density at radius 2 is 1.79 bits per heavy atom. The van der Waals surface area contributed by atoms with Crippen molar-refractivity contribution in [3.05, 3.63) is 48.0 Å². The minimum atomic E-state index is -0.0101. The summed E-state index contributed by atoms with van der Waals surface area (Å²) in [6, 6.07) is 13.8. The number of fused-ring (bicyclic) bond motifs is 1. The maximum Gasteiger partial charge on any atom is 0.251 e. The zero-order chi connectivity index (χ0) is 13.5. The van der Waals surface area contributed by atoms with E-state index < -0.39 is 0 Å². The summed E-state index contributed by atoms with van der Waals surface area (Å²) in [6.07, 6.45) is 1.11. The summed E-state index contributed by atoms with van der Waals surface area (Å²) in [7, 11) is 0. The molecule has 0 fully saturated rings. The average molecular weight is 256 g/mol. The van der Waals surface area contributed by atoms with Crippen molar-refractivity contribution >= 4 is 16.7 Å². The molecule has 0 saturated heterocycles. The lowest BCUT2D eigenvalue weighted by molar-refractivity contribution is 0.0954. The zero-order valence-corrected chi connectivity index (χ0v) is 11.3. The first kappa shape index (κ1) is 13.6. The van der Waals surface area contributed by atoms with Crippen molar-refractivity contribution in [2.24, 2.45) is 0 Å². The number of nitrogens with one attached hydrogen (secondary N) is 2. The van der Waals surface area contributed by atoms with Crippen LogP contribution in [0.1, 0.15) is 23.7 Å². The SMILES string of the molecule is CCCNCCNC(=O)c1ccc2ccccc2c1. The van der Waals surface area contributed by atoms with E-state index in [4.69, 9.17) is 0 Å². The first-order valence-electron chi connectivity index (χ1n) is 6.79. The Kier molecular flexibility index (Phi) is 4.93. The predicted molar refractivity (Wildman–Crippen MR) is 79.4 cm³/mol. The number of hydrogen-bond acceptors (Lipinski definition) is 2. The monoisotopic (exact) mass is 256 g/mol. The van der Waals surface area contributed by atoms with Gasteiger partial charge in [0.2, 0.25) is 0 Å². The molecule has 2 rings (SSSR count). The molecule has 2 N–H and O–H groups in total. The summed E-state index contributed by atoms with van der Waals surface area (Å²) in [5, 5.41) is 8.43. The molecule has 19 heavy (non-hydrogen) atoms. The van der Waals surface area contributed by atoms with Crippen LogP contribution in [-0.4, -0.2) is 25.5 Å². The van der Waals surface area contributed by atoms with Gasteiger partial charge in [0, 0.05) is 18.7 Å². The van der Waals surface area contributed by atoms with Crippen molar-refractivity contribution in [2.45, 2.75) is 13.3 Å². The van der Waals surface area contributed by atoms with Crippen LogP contribution in [0.25, 0.3) is 10.8 Å². The van der Waals surface area contributed by atoms with Crippen LogP contribution in [0.2, 0.25) is 0 Å². The molecule has 3 nitrogen and oxygen atoms in total. The second-order valence-corrected chi connectivity index (χ2v) is 4.57. The molecule has 0 radical (unpaired) electrons. The van der Waals surface area contributed by atoms with E-state index in [1.807, 2.05) is 42.5 Å². The molecule has 0 aliphatic rings. The minimum absolute atomic E-state index is 0.0101. The maximum absolute atomic E-state index is 12.0. The van der Waals surface area contributed by atoms with Gasteiger partial charge >= 0.3 is 0 Å². The third-order valence-electron chi connectivity index (χ3n) is 3.03. The van der Waals surface area contributed by atoms with E-state index in [1.165, 1.54) is 0 Å². The van der Waals surface area contributed by atoms with E-state index in [1.54, 1.807) is 0 Å². The zero-order valence-electron chi connectivity index (χ0n) is 11.3. The molecule has 0 atom stereocenters. The van der Waals surface area contributed by atoms with Gasteiger partial charge in [0.25, 0.3) is 5.91 Å². The Morgan fingerprint density at radius 3 is 2.58 bits per heavy atom. The van der Waals surface area contributed by atoms with Crippen molar-refractivity contribution < 1.29 is 4.79 Å². The third-order valence-corrected chi connectivity index (χ3v) is 3.03. The molecule has 0 aliphatic heterocycles. The second-order valence-electron chi connectivity index (χ2n) is 4.57. The summed E-state index contributed by atoms with van der Waals surface area (Å²) in [5.41, 5.74) is 0.717. The van der Waals surface area contributed by atoms with Gasteiger partial charge in [-0.2, -0.15) is 0 Å². The predicted octanol–water partition coefficient (Wildman–Crippen LogP) is 2.57. The molecule has 1 amide bonds. The van der Waals surface area contributed by atoms with Crippen molar-refractivity contribution in [3.8, 4) is 0 Å². The van der Waals surface area contributed by atoms with E-state index in [9.17, 15) is 4.79 Å². The second kappa shape index (κ2) is 6.90. The van der Waals surface area contributed by atoms with E-state index in [0.717, 1.165) is 30.3 Å². The van der Waals surface area contributed by atoms with Gasteiger partial charge < -0.3 is 10.6 Å². The first-order chi connectivity index (χ1) is 9.31. The van der Waals surface area contributed by atoms with Crippen LogP contribution in [0.4, 0.5) is 0 Å². The molecule has 2 aromatic carbocycles. The van der Waals surface area contributed by atoms with Gasteiger partial charge in [-0.3, -0.25) is 4.79 Å². The Hall–Kier alpha value is -1.87. The van der Waals surface area contributed by atoms with Crippen molar-refractivity contribution in [1.29, 1.82) is 0 Å². The van der Waals surface area contributed by atoms with Gasteiger partial charge in [-0.25, -0.2) is 0 Å². The molecule has 0 heterocycles. The summed E-state index contributed by atoms with van der Waals surface area (Å²) >= 11 is 0. The summed E-state index contributed by atoms with van der Waals surface area (Å²) < 4.78 is 0. The fraction of sp³-hybridized carbons (Fsp3) is 0.312. The van der Waals surface area contributed by atoms with E-state index in [0.29, 0.717) is 12.1 Å². The van der Waals surface area contributed by atoms with E-state index >= 15 is 0 Å². The van der Waals surface area contributed by atoms with Crippen LogP contribution >= 0.6 is 0 Å². The van der Waals surface area contributed by atoms with Crippen LogP contribution in [0.5, 0.6) is 0 Å². The van der Waals surface area contributed by atoms with Crippen LogP contribution in [-0.2, 0) is 0 Å². The van der Waals surface area contributed by atoms with Gasteiger partial charge in [-0.05, 0) is 35.9 Å². The summed E-state index contributed by atoms with van der Waals surface area (Å²) in [6.45, 7) is 4.59. The third kappa shape index (κ3) is 3.80. The normalized spacial score (nSPS) is 10.6. The summed E-state index contributed by atoms with van der Waals surface area (Å²) in [4.78, 5) is 12.0. The Bertz CT molecular complexity index is 551. The smallest absolute Gasteiger partial charge is 0.251 e. The number of hydrogen-bond donors (Lipinski definition) is 2. The number of amides is 1. The molecule has 100 valence electrons. The largest absolute Gasteiger partial charge is 0.351 e. The van der Waals surface area contributed by atoms with Crippen LogP contribution in [0, 0.1) is 0 Å².